The third-order valence-electron chi connectivity index (χ3n) is 2.26. The number of carbonyl (C=O) groups excluding carboxylic acids is 1. The smallest absolute Gasteiger partial charge is 0.264 e. The quantitative estimate of drug-likeness (QED) is 0.702. The summed E-state index contributed by atoms with van der Waals surface area (Å²) >= 11 is 0. The Balaban J connectivity index is 2.25. The maximum atomic E-state index is 13.2. The Morgan fingerprint density at radius 3 is 2.42 bits per heavy atom. The molecule has 0 saturated carbocycles. The number of rotatable bonds is 2. The van der Waals surface area contributed by atoms with Crippen molar-refractivity contribution in [1.82, 2.24) is 10.2 Å². The van der Waals surface area contributed by atoms with Crippen LogP contribution in [-0.4, -0.2) is 16.1 Å². The number of amides is 1. The van der Waals surface area contributed by atoms with Gasteiger partial charge in [0.1, 0.15) is 17.3 Å². The van der Waals surface area contributed by atoms with Gasteiger partial charge in [0.15, 0.2) is 5.82 Å². The normalized spacial score (nSPS) is 10.2. The summed E-state index contributed by atoms with van der Waals surface area (Å²) in [5.74, 6) is -2.79. The highest BCUT2D eigenvalue weighted by molar-refractivity contribution is 6.03. The molecule has 0 bridgehead atoms. The Morgan fingerprint density at radius 2 is 1.89 bits per heavy atom. The number of aromatic amines is 1. The van der Waals surface area contributed by atoms with Crippen LogP contribution in [0.5, 0.6) is 0 Å². The zero-order valence-electron chi connectivity index (χ0n) is 9.41. The van der Waals surface area contributed by atoms with Gasteiger partial charge in [-0.25, -0.2) is 13.9 Å². The van der Waals surface area contributed by atoms with E-state index in [1.165, 1.54) is 6.07 Å². The highest BCUT2D eigenvalue weighted by atomic mass is 19.1. The van der Waals surface area contributed by atoms with E-state index in [1.807, 2.05) is 0 Å². The molecule has 1 aromatic heterocycles. The van der Waals surface area contributed by atoms with Crippen molar-refractivity contribution in [3.63, 3.8) is 0 Å². The van der Waals surface area contributed by atoms with Gasteiger partial charge in [-0.15, -0.1) is 0 Å². The van der Waals surface area contributed by atoms with Crippen molar-refractivity contribution in [2.45, 2.75) is 0 Å². The fourth-order valence-electron chi connectivity index (χ4n) is 1.32. The first-order valence-electron chi connectivity index (χ1n) is 5.09. The molecule has 8 heteroatoms. The average molecular weight is 266 g/mol. The zero-order chi connectivity index (χ0) is 14.0. The third kappa shape index (κ3) is 2.73. The van der Waals surface area contributed by atoms with Gasteiger partial charge in [-0.05, 0) is 18.2 Å². The number of benzene rings is 1. The van der Waals surface area contributed by atoms with E-state index in [1.54, 1.807) is 0 Å². The number of hydrogen-bond donors (Lipinski definition) is 3. The second-order valence-electron chi connectivity index (χ2n) is 3.61. The molecule has 0 spiro atoms. The number of aromatic nitrogens is 2. The summed E-state index contributed by atoms with van der Waals surface area (Å²) in [7, 11) is 0. The van der Waals surface area contributed by atoms with Crippen LogP contribution in [0.4, 0.5) is 20.3 Å². The minimum atomic E-state index is -1.03. The Bertz CT molecular complexity index is 656. The first-order chi connectivity index (χ1) is 8.97. The van der Waals surface area contributed by atoms with Crippen molar-refractivity contribution < 1.29 is 13.6 Å². The molecule has 6 nitrogen and oxygen atoms in total. The van der Waals surface area contributed by atoms with Crippen molar-refractivity contribution in [2.75, 3.05) is 11.1 Å². The van der Waals surface area contributed by atoms with E-state index < -0.39 is 28.8 Å². The van der Waals surface area contributed by atoms with Crippen LogP contribution in [0, 0.1) is 11.6 Å². The van der Waals surface area contributed by atoms with Gasteiger partial charge >= 0.3 is 0 Å². The molecular formula is C11H8F2N4O2. The van der Waals surface area contributed by atoms with E-state index in [-0.39, 0.29) is 11.4 Å². The van der Waals surface area contributed by atoms with Gasteiger partial charge in [0, 0.05) is 11.6 Å². The minimum Gasteiger partial charge on any atom is -0.394 e. The van der Waals surface area contributed by atoms with Crippen LogP contribution in [-0.2, 0) is 0 Å². The molecule has 0 unspecified atom stereocenters. The van der Waals surface area contributed by atoms with Gasteiger partial charge in [0.05, 0.1) is 0 Å². The van der Waals surface area contributed by atoms with Crippen LogP contribution in [0.1, 0.15) is 10.4 Å². The van der Waals surface area contributed by atoms with E-state index in [9.17, 15) is 18.4 Å². The Labute approximate surface area is 105 Å². The van der Waals surface area contributed by atoms with Crippen molar-refractivity contribution >= 4 is 17.4 Å². The molecule has 98 valence electrons. The van der Waals surface area contributed by atoms with Crippen LogP contribution in [0.3, 0.4) is 0 Å². The lowest BCUT2D eigenvalue weighted by molar-refractivity contribution is 0.102. The lowest BCUT2D eigenvalue weighted by Crippen LogP contribution is -2.16. The summed E-state index contributed by atoms with van der Waals surface area (Å²) in [4.78, 5) is 22.5. The fourth-order valence-corrected chi connectivity index (χ4v) is 1.32. The predicted molar refractivity (Wildman–Crippen MR) is 63.6 cm³/mol. The molecule has 1 aromatic carbocycles. The lowest BCUT2D eigenvalue weighted by atomic mass is 10.1. The van der Waals surface area contributed by atoms with E-state index in [2.05, 4.69) is 15.5 Å². The summed E-state index contributed by atoms with van der Waals surface area (Å²) in [5, 5.41) is 7.89. The van der Waals surface area contributed by atoms with Gasteiger partial charge in [-0.1, -0.05) is 0 Å². The molecule has 1 amide bonds. The van der Waals surface area contributed by atoms with Crippen LogP contribution in [0.2, 0.25) is 0 Å². The highest BCUT2D eigenvalue weighted by Gasteiger charge is 2.13. The summed E-state index contributed by atoms with van der Waals surface area (Å²) in [6.45, 7) is 0. The molecule has 2 aromatic rings. The largest absolute Gasteiger partial charge is 0.394 e. The van der Waals surface area contributed by atoms with Crippen molar-refractivity contribution in [1.29, 1.82) is 0 Å². The maximum absolute atomic E-state index is 13.2. The number of nitrogen functional groups attached to an aromatic ring is 1. The molecule has 0 aliphatic rings. The topological polar surface area (TPSA) is 101 Å². The molecule has 0 aliphatic heterocycles. The number of nitrogens with one attached hydrogen (secondary N) is 2. The monoisotopic (exact) mass is 266 g/mol. The first kappa shape index (κ1) is 12.7. The molecule has 4 N–H and O–H groups in total. The van der Waals surface area contributed by atoms with Crippen LogP contribution >= 0.6 is 0 Å². The van der Waals surface area contributed by atoms with Gasteiger partial charge in [0.2, 0.25) is 0 Å². The number of nitrogens with zero attached hydrogens (tertiary/aromatic N) is 1. The highest BCUT2D eigenvalue weighted by Crippen LogP contribution is 2.17. The zero-order valence-corrected chi connectivity index (χ0v) is 9.41. The Kier molecular flexibility index (Phi) is 3.23. The summed E-state index contributed by atoms with van der Waals surface area (Å²) < 4.78 is 26.4. The van der Waals surface area contributed by atoms with Gasteiger partial charge in [-0.2, -0.15) is 5.10 Å². The van der Waals surface area contributed by atoms with Gasteiger partial charge in [-0.3, -0.25) is 9.59 Å². The molecule has 0 atom stereocenters. The molecule has 0 radical (unpaired) electrons. The number of nitrogens with two attached hydrogens (primary N) is 1. The minimum absolute atomic E-state index is 0.0437. The summed E-state index contributed by atoms with van der Waals surface area (Å²) in [6, 6.07) is 4.01. The summed E-state index contributed by atoms with van der Waals surface area (Å²) in [6.07, 6.45) is 0. The second kappa shape index (κ2) is 4.84. The first-order valence-corrected chi connectivity index (χ1v) is 5.09. The molecule has 0 aliphatic carbocycles. The van der Waals surface area contributed by atoms with Crippen LogP contribution in [0.25, 0.3) is 0 Å². The average Bonchev–Trinajstić information content (AvgIpc) is 2.38. The fraction of sp³-hybridized carbons (Fsp3) is 0. The number of anilines is 2. The summed E-state index contributed by atoms with van der Waals surface area (Å²) in [5.41, 5.74) is 3.74. The van der Waals surface area contributed by atoms with Crippen molar-refractivity contribution in [3.8, 4) is 0 Å². The van der Waals surface area contributed by atoms with E-state index >= 15 is 0 Å². The van der Waals surface area contributed by atoms with E-state index in [0.29, 0.717) is 0 Å². The van der Waals surface area contributed by atoms with Crippen LogP contribution < -0.4 is 16.6 Å². The molecule has 2 rings (SSSR count). The van der Waals surface area contributed by atoms with E-state index in [0.717, 1.165) is 18.2 Å². The molecule has 0 fully saturated rings. The second-order valence-corrected chi connectivity index (χ2v) is 3.61. The van der Waals surface area contributed by atoms with Gasteiger partial charge < -0.3 is 11.1 Å². The molecule has 19 heavy (non-hydrogen) atoms. The Hall–Kier alpha value is -2.77. The Morgan fingerprint density at radius 1 is 1.26 bits per heavy atom. The maximum Gasteiger partial charge on any atom is 0.264 e. The van der Waals surface area contributed by atoms with Crippen molar-refractivity contribution in [2.24, 2.45) is 0 Å². The predicted octanol–water partition coefficient (Wildman–Crippen LogP) is 0.883. The standard InChI is InChI=1S/C11H8F2N4O2/c12-6-3-5(4-7(13)10(6)14)11(19)15-8-1-2-9(18)17-16-8/h1-4H,14H2,(H,17,18)(H,15,16,19). The number of H-pyrrole nitrogens is 1. The molecule has 1 heterocycles. The number of hydrogen-bond acceptors (Lipinski definition) is 4. The van der Waals surface area contributed by atoms with E-state index in [4.69, 9.17) is 5.73 Å². The molecular weight excluding hydrogens is 258 g/mol. The van der Waals surface area contributed by atoms with Crippen LogP contribution in [0.15, 0.2) is 29.1 Å². The number of halogens is 2. The SMILES string of the molecule is Nc1c(F)cc(C(=O)Nc2ccc(=O)[nH]n2)cc1F. The van der Waals surface area contributed by atoms with Crippen molar-refractivity contribution in [3.05, 3.63) is 51.8 Å². The molecule has 0 saturated heterocycles. The number of carbonyl (C=O) groups is 1. The lowest BCUT2D eigenvalue weighted by Gasteiger charge is -2.05. The van der Waals surface area contributed by atoms with Gasteiger partial charge in [0.25, 0.3) is 11.5 Å². The third-order valence-corrected chi connectivity index (χ3v) is 2.26.